The predicted molar refractivity (Wildman–Crippen MR) is 65.8 cm³/mol. The highest BCUT2D eigenvalue weighted by Crippen LogP contribution is 2.17. The summed E-state index contributed by atoms with van der Waals surface area (Å²) in [6.07, 6.45) is 1.22. The van der Waals surface area contributed by atoms with Gasteiger partial charge in [-0.25, -0.2) is 4.79 Å². The Labute approximate surface area is 110 Å². The van der Waals surface area contributed by atoms with E-state index in [0.717, 1.165) is 0 Å². The predicted octanol–water partition coefficient (Wildman–Crippen LogP) is 2.18. The minimum absolute atomic E-state index is 0.0757. The first-order valence-corrected chi connectivity index (χ1v) is 5.84. The molecule has 0 fully saturated rings. The summed E-state index contributed by atoms with van der Waals surface area (Å²) >= 11 is 0. The van der Waals surface area contributed by atoms with Crippen LogP contribution in [0.4, 0.5) is 0 Å². The molecule has 0 aliphatic heterocycles. The van der Waals surface area contributed by atoms with Crippen molar-refractivity contribution in [3.63, 3.8) is 0 Å². The molecule has 0 heterocycles. The number of hydrogen-bond acceptors (Lipinski definition) is 6. The third-order valence-corrected chi connectivity index (χ3v) is 2.40. The van der Waals surface area contributed by atoms with Gasteiger partial charge in [0.15, 0.2) is 0 Å². The number of methoxy groups -OCH3 is 1. The summed E-state index contributed by atoms with van der Waals surface area (Å²) < 4.78 is 10.1. The maximum absolute atomic E-state index is 11.5. The van der Waals surface area contributed by atoms with Crippen molar-refractivity contribution in [1.82, 2.24) is 0 Å². The number of carbonyl (C=O) groups is 2. The number of esters is 1. The molecule has 104 valence electrons. The molecule has 6 heteroatoms. The van der Waals surface area contributed by atoms with Gasteiger partial charge in [0.2, 0.25) is 0 Å². The Balaban J connectivity index is 2.25. The molecule has 1 aromatic rings. The van der Waals surface area contributed by atoms with E-state index in [1.54, 1.807) is 31.4 Å². The molecule has 0 saturated heterocycles. The van der Waals surface area contributed by atoms with Crippen molar-refractivity contribution in [2.24, 2.45) is 0 Å². The first-order valence-electron chi connectivity index (χ1n) is 5.84. The molecule has 1 aromatic carbocycles. The first-order chi connectivity index (χ1) is 9.15. The van der Waals surface area contributed by atoms with E-state index < -0.39 is 5.97 Å². The third-order valence-electron chi connectivity index (χ3n) is 2.40. The van der Waals surface area contributed by atoms with Crippen molar-refractivity contribution in [2.45, 2.75) is 25.7 Å². The molecule has 0 aromatic heterocycles. The molecule has 0 aliphatic carbocycles. The molecule has 1 rings (SSSR count). The zero-order valence-electron chi connectivity index (χ0n) is 10.6. The Kier molecular flexibility index (Phi) is 6.38. The summed E-state index contributed by atoms with van der Waals surface area (Å²) in [6, 6.07) is 6.67. The average Bonchev–Trinajstić information content (AvgIpc) is 2.44. The maximum atomic E-state index is 11.5. The van der Waals surface area contributed by atoms with Crippen LogP contribution < -0.4 is 9.47 Å². The zero-order valence-corrected chi connectivity index (χ0v) is 10.6. The highest BCUT2D eigenvalue weighted by Gasteiger charge is 2.07. The average molecular weight is 268 g/mol. The van der Waals surface area contributed by atoms with Gasteiger partial charge in [-0.15, -0.1) is 0 Å². The van der Waals surface area contributed by atoms with Crippen molar-refractivity contribution < 1.29 is 29.2 Å². The molecular formula is C13H16O6. The first kappa shape index (κ1) is 15.0. The van der Waals surface area contributed by atoms with Gasteiger partial charge >= 0.3 is 11.9 Å². The zero-order chi connectivity index (χ0) is 14.1. The van der Waals surface area contributed by atoms with Crippen molar-refractivity contribution in [2.75, 3.05) is 7.11 Å². The normalized spacial score (nSPS) is 9.79. The fraction of sp³-hybridized carbons (Fsp3) is 0.385. The van der Waals surface area contributed by atoms with Crippen LogP contribution >= 0.6 is 0 Å². The number of unbranched alkanes of at least 4 members (excludes halogenated alkanes) is 1. The molecule has 0 atom stereocenters. The van der Waals surface area contributed by atoms with Crippen molar-refractivity contribution >= 4 is 11.9 Å². The van der Waals surface area contributed by atoms with E-state index in [0.29, 0.717) is 24.3 Å². The molecule has 0 radical (unpaired) electrons. The lowest BCUT2D eigenvalue weighted by Gasteiger charge is -2.05. The molecule has 0 spiro atoms. The van der Waals surface area contributed by atoms with E-state index in [1.165, 1.54) is 0 Å². The number of rotatable bonds is 7. The standard InChI is InChI=1S/C13H16O6/c1-17-10-6-8-11(9-7-10)18-12(14)4-2-3-5-13(15)19-16/h6-9,16H,2-5H2,1H3. The van der Waals surface area contributed by atoms with Crippen LogP contribution in [-0.2, 0) is 14.5 Å². The second-order valence-electron chi connectivity index (χ2n) is 3.82. The van der Waals surface area contributed by atoms with Crippen molar-refractivity contribution in [3.8, 4) is 11.5 Å². The monoisotopic (exact) mass is 268 g/mol. The van der Waals surface area contributed by atoms with Crippen LogP contribution in [0.2, 0.25) is 0 Å². The topological polar surface area (TPSA) is 82.1 Å². The van der Waals surface area contributed by atoms with E-state index in [1.807, 2.05) is 0 Å². The van der Waals surface area contributed by atoms with Gasteiger partial charge < -0.3 is 14.4 Å². The number of hydrogen-bond donors (Lipinski definition) is 1. The Morgan fingerprint density at radius 1 is 1.00 bits per heavy atom. The van der Waals surface area contributed by atoms with Crippen LogP contribution in [-0.4, -0.2) is 24.3 Å². The molecule has 0 aliphatic rings. The van der Waals surface area contributed by atoms with Crippen LogP contribution in [0.3, 0.4) is 0 Å². The summed E-state index contributed by atoms with van der Waals surface area (Å²) in [7, 11) is 1.55. The second-order valence-corrected chi connectivity index (χ2v) is 3.82. The van der Waals surface area contributed by atoms with Gasteiger partial charge in [0.1, 0.15) is 11.5 Å². The van der Waals surface area contributed by atoms with E-state index in [2.05, 4.69) is 4.89 Å². The second kappa shape index (κ2) is 8.10. The van der Waals surface area contributed by atoms with Crippen LogP contribution in [0, 0.1) is 0 Å². The van der Waals surface area contributed by atoms with Crippen LogP contribution in [0.15, 0.2) is 24.3 Å². The highest BCUT2D eigenvalue weighted by atomic mass is 17.1. The lowest BCUT2D eigenvalue weighted by molar-refractivity contribution is -0.234. The van der Waals surface area contributed by atoms with E-state index >= 15 is 0 Å². The Morgan fingerprint density at radius 2 is 1.53 bits per heavy atom. The SMILES string of the molecule is COc1ccc(OC(=O)CCCCC(=O)OO)cc1. The van der Waals surface area contributed by atoms with Crippen molar-refractivity contribution in [3.05, 3.63) is 24.3 Å². The highest BCUT2D eigenvalue weighted by molar-refractivity contribution is 5.72. The summed E-state index contributed by atoms with van der Waals surface area (Å²) in [4.78, 5) is 25.6. The number of ether oxygens (including phenoxy) is 2. The minimum Gasteiger partial charge on any atom is -0.497 e. The summed E-state index contributed by atoms with van der Waals surface area (Å²) in [6.45, 7) is 0. The van der Waals surface area contributed by atoms with Gasteiger partial charge in [-0.05, 0) is 37.1 Å². The van der Waals surface area contributed by atoms with Gasteiger partial charge in [-0.1, -0.05) is 0 Å². The molecular weight excluding hydrogens is 252 g/mol. The Hall–Kier alpha value is -2.08. The van der Waals surface area contributed by atoms with E-state index in [9.17, 15) is 9.59 Å². The third kappa shape index (κ3) is 5.87. The lowest BCUT2D eigenvalue weighted by atomic mass is 10.2. The van der Waals surface area contributed by atoms with Gasteiger partial charge in [0.25, 0.3) is 0 Å². The van der Waals surface area contributed by atoms with Gasteiger partial charge in [-0.3, -0.25) is 4.79 Å². The molecule has 1 N–H and O–H groups in total. The summed E-state index contributed by atoms with van der Waals surface area (Å²) in [5.74, 6) is 0.0499. The van der Waals surface area contributed by atoms with Gasteiger partial charge in [0, 0.05) is 12.8 Å². The molecule has 0 amide bonds. The fourth-order valence-electron chi connectivity index (χ4n) is 1.41. The van der Waals surface area contributed by atoms with Crippen LogP contribution in [0.5, 0.6) is 11.5 Å². The number of carbonyl (C=O) groups excluding carboxylic acids is 2. The molecule has 19 heavy (non-hydrogen) atoms. The molecule has 0 unspecified atom stereocenters. The lowest BCUT2D eigenvalue weighted by Crippen LogP contribution is -2.08. The maximum Gasteiger partial charge on any atom is 0.342 e. The minimum atomic E-state index is -0.705. The van der Waals surface area contributed by atoms with Gasteiger partial charge in [-0.2, -0.15) is 5.26 Å². The number of benzene rings is 1. The van der Waals surface area contributed by atoms with Crippen LogP contribution in [0.25, 0.3) is 0 Å². The van der Waals surface area contributed by atoms with E-state index in [-0.39, 0.29) is 18.8 Å². The molecule has 6 nitrogen and oxygen atoms in total. The van der Waals surface area contributed by atoms with E-state index in [4.69, 9.17) is 14.7 Å². The van der Waals surface area contributed by atoms with Crippen LogP contribution in [0.1, 0.15) is 25.7 Å². The fourth-order valence-corrected chi connectivity index (χ4v) is 1.41. The summed E-state index contributed by atoms with van der Waals surface area (Å²) in [5, 5.41) is 8.03. The Bertz CT molecular complexity index is 412. The molecule has 0 saturated carbocycles. The smallest absolute Gasteiger partial charge is 0.342 e. The van der Waals surface area contributed by atoms with Crippen molar-refractivity contribution in [1.29, 1.82) is 0 Å². The summed E-state index contributed by atoms with van der Waals surface area (Å²) in [5.41, 5.74) is 0. The van der Waals surface area contributed by atoms with Gasteiger partial charge in [0.05, 0.1) is 7.11 Å². The quantitative estimate of drug-likeness (QED) is 0.268. The largest absolute Gasteiger partial charge is 0.497 e. The molecule has 0 bridgehead atoms. The Morgan fingerprint density at radius 3 is 2.05 bits per heavy atom.